The van der Waals surface area contributed by atoms with Crippen molar-refractivity contribution in [3.63, 3.8) is 0 Å². The standard InChI is InChI=1S/C11H8O4/c1-15-10-7-8(3-2-6-12)4-5-9(10)11(13)14/h4-7H,1H3,(H,13,14). The fourth-order valence-corrected chi connectivity index (χ4v) is 1.06. The Kier molecular flexibility index (Phi) is 3.47. The van der Waals surface area contributed by atoms with E-state index in [9.17, 15) is 9.59 Å². The molecule has 0 spiro atoms. The Bertz CT molecular complexity index is 451. The molecule has 0 atom stereocenters. The third-order valence-corrected chi connectivity index (χ3v) is 1.71. The molecule has 0 aliphatic carbocycles. The van der Waals surface area contributed by atoms with Gasteiger partial charge in [0.1, 0.15) is 11.3 Å². The SMILES string of the molecule is COc1cc(C#CC=O)ccc1C(=O)O. The summed E-state index contributed by atoms with van der Waals surface area (Å²) < 4.78 is 4.89. The van der Waals surface area contributed by atoms with E-state index >= 15 is 0 Å². The van der Waals surface area contributed by atoms with E-state index in [-0.39, 0.29) is 11.3 Å². The maximum atomic E-state index is 10.7. The second-order valence-electron chi connectivity index (χ2n) is 2.61. The number of aromatic carboxylic acids is 1. The highest BCUT2D eigenvalue weighted by molar-refractivity contribution is 5.91. The minimum Gasteiger partial charge on any atom is -0.496 e. The zero-order valence-electron chi connectivity index (χ0n) is 7.98. The molecule has 0 saturated heterocycles. The van der Waals surface area contributed by atoms with Gasteiger partial charge in [0.15, 0.2) is 6.29 Å². The quantitative estimate of drug-likeness (QED) is 0.575. The number of methoxy groups -OCH3 is 1. The Morgan fingerprint density at radius 3 is 2.80 bits per heavy atom. The molecule has 4 nitrogen and oxygen atoms in total. The topological polar surface area (TPSA) is 63.6 Å². The average Bonchev–Trinajstić information content (AvgIpc) is 2.25. The number of hydrogen-bond acceptors (Lipinski definition) is 3. The van der Waals surface area contributed by atoms with Gasteiger partial charge in [-0.25, -0.2) is 4.79 Å². The second-order valence-corrected chi connectivity index (χ2v) is 2.61. The molecular weight excluding hydrogens is 196 g/mol. The molecule has 0 heterocycles. The van der Waals surface area contributed by atoms with E-state index in [0.717, 1.165) is 0 Å². The van der Waals surface area contributed by atoms with Crippen molar-refractivity contribution in [2.75, 3.05) is 7.11 Å². The van der Waals surface area contributed by atoms with Gasteiger partial charge in [0, 0.05) is 5.56 Å². The highest BCUT2D eigenvalue weighted by Crippen LogP contribution is 2.19. The maximum absolute atomic E-state index is 10.7. The fourth-order valence-electron chi connectivity index (χ4n) is 1.06. The summed E-state index contributed by atoms with van der Waals surface area (Å²) in [7, 11) is 1.37. The third-order valence-electron chi connectivity index (χ3n) is 1.71. The van der Waals surface area contributed by atoms with Crippen LogP contribution in [-0.4, -0.2) is 24.5 Å². The monoisotopic (exact) mass is 204 g/mol. The van der Waals surface area contributed by atoms with Gasteiger partial charge in [-0.3, -0.25) is 4.79 Å². The van der Waals surface area contributed by atoms with Crippen LogP contribution in [0.4, 0.5) is 0 Å². The molecule has 76 valence electrons. The Labute approximate surface area is 86.5 Å². The molecule has 0 aliphatic heterocycles. The van der Waals surface area contributed by atoms with E-state index in [4.69, 9.17) is 9.84 Å². The van der Waals surface area contributed by atoms with Gasteiger partial charge in [-0.05, 0) is 24.1 Å². The number of carbonyl (C=O) groups is 2. The molecule has 1 aromatic carbocycles. The number of ether oxygens (including phenoxy) is 1. The first kappa shape index (κ1) is 10.8. The van der Waals surface area contributed by atoms with Gasteiger partial charge in [-0.15, -0.1) is 0 Å². The van der Waals surface area contributed by atoms with Crippen molar-refractivity contribution in [1.82, 2.24) is 0 Å². The van der Waals surface area contributed by atoms with Gasteiger partial charge < -0.3 is 9.84 Å². The third kappa shape index (κ3) is 2.58. The molecule has 1 rings (SSSR count). The van der Waals surface area contributed by atoms with Crippen LogP contribution in [0.5, 0.6) is 5.75 Å². The van der Waals surface area contributed by atoms with Crippen molar-refractivity contribution in [3.05, 3.63) is 29.3 Å². The molecule has 0 saturated carbocycles. The van der Waals surface area contributed by atoms with Crippen LogP contribution in [0.3, 0.4) is 0 Å². The van der Waals surface area contributed by atoms with Crippen LogP contribution in [0.2, 0.25) is 0 Å². The molecular formula is C11H8O4. The summed E-state index contributed by atoms with van der Waals surface area (Å²) in [5.41, 5.74) is 0.595. The first-order valence-corrected chi connectivity index (χ1v) is 4.05. The second kappa shape index (κ2) is 4.82. The van der Waals surface area contributed by atoms with Gasteiger partial charge in [0.2, 0.25) is 0 Å². The van der Waals surface area contributed by atoms with Crippen molar-refractivity contribution in [1.29, 1.82) is 0 Å². The van der Waals surface area contributed by atoms with E-state index in [2.05, 4.69) is 11.8 Å². The lowest BCUT2D eigenvalue weighted by molar-refractivity contribution is -0.103. The van der Waals surface area contributed by atoms with Gasteiger partial charge in [0.05, 0.1) is 7.11 Å². The smallest absolute Gasteiger partial charge is 0.339 e. The lowest BCUT2D eigenvalue weighted by atomic mass is 10.1. The maximum Gasteiger partial charge on any atom is 0.339 e. The lowest BCUT2D eigenvalue weighted by Crippen LogP contribution is -2.00. The summed E-state index contributed by atoms with van der Waals surface area (Å²) in [5, 5.41) is 8.79. The Morgan fingerprint density at radius 2 is 2.27 bits per heavy atom. The number of aldehydes is 1. The Morgan fingerprint density at radius 1 is 1.53 bits per heavy atom. The van der Waals surface area contributed by atoms with Crippen LogP contribution >= 0.6 is 0 Å². The highest BCUT2D eigenvalue weighted by Gasteiger charge is 2.10. The predicted molar refractivity (Wildman–Crippen MR) is 52.9 cm³/mol. The van der Waals surface area contributed by atoms with E-state index in [0.29, 0.717) is 11.8 Å². The molecule has 15 heavy (non-hydrogen) atoms. The first-order valence-electron chi connectivity index (χ1n) is 4.05. The summed E-state index contributed by atoms with van der Waals surface area (Å²) >= 11 is 0. The Balaban J connectivity index is 3.18. The zero-order chi connectivity index (χ0) is 11.3. The van der Waals surface area contributed by atoms with Crippen LogP contribution in [-0.2, 0) is 4.79 Å². The average molecular weight is 204 g/mol. The van der Waals surface area contributed by atoms with Crippen molar-refractivity contribution >= 4 is 12.3 Å². The largest absolute Gasteiger partial charge is 0.496 e. The fraction of sp³-hybridized carbons (Fsp3) is 0.0909. The summed E-state index contributed by atoms with van der Waals surface area (Å²) in [4.78, 5) is 20.7. The predicted octanol–water partition coefficient (Wildman–Crippen LogP) is 0.944. The number of rotatable bonds is 2. The van der Waals surface area contributed by atoms with E-state index in [1.165, 1.54) is 25.3 Å². The normalized spacial score (nSPS) is 8.60. The van der Waals surface area contributed by atoms with Gasteiger partial charge in [-0.1, -0.05) is 5.92 Å². The van der Waals surface area contributed by atoms with E-state index < -0.39 is 5.97 Å². The molecule has 0 radical (unpaired) electrons. The van der Waals surface area contributed by atoms with E-state index in [1.54, 1.807) is 0 Å². The minimum atomic E-state index is -1.07. The van der Waals surface area contributed by atoms with Crippen molar-refractivity contribution < 1.29 is 19.4 Å². The molecule has 0 aliphatic rings. The van der Waals surface area contributed by atoms with Gasteiger partial charge in [0.25, 0.3) is 0 Å². The van der Waals surface area contributed by atoms with Crippen molar-refractivity contribution in [3.8, 4) is 17.6 Å². The van der Waals surface area contributed by atoms with Crippen LogP contribution in [0, 0.1) is 11.8 Å². The molecule has 0 aromatic heterocycles. The van der Waals surface area contributed by atoms with Crippen LogP contribution in [0.25, 0.3) is 0 Å². The summed E-state index contributed by atoms with van der Waals surface area (Å²) in [5.74, 6) is 3.93. The van der Waals surface area contributed by atoms with Gasteiger partial charge in [-0.2, -0.15) is 0 Å². The first-order chi connectivity index (χ1) is 7.19. The minimum absolute atomic E-state index is 0.0640. The summed E-state index contributed by atoms with van der Waals surface area (Å²) in [6.45, 7) is 0. The van der Waals surface area contributed by atoms with Crippen LogP contribution < -0.4 is 4.74 Å². The molecule has 0 bridgehead atoms. The Hall–Kier alpha value is -2.28. The lowest BCUT2D eigenvalue weighted by Gasteiger charge is -2.04. The highest BCUT2D eigenvalue weighted by atomic mass is 16.5. The molecule has 1 aromatic rings. The number of benzene rings is 1. The van der Waals surface area contributed by atoms with Crippen LogP contribution in [0.1, 0.15) is 15.9 Å². The number of hydrogen-bond donors (Lipinski definition) is 1. The molecule has 4 heteroatoms. The van der Waals surface area contributed by atoms with Crippen molar-refractivity contribution in [2.24, 2.45) is 0 Å². The van der Waals surface area contributed by atoms with E-state index in [1.807, 2.05) is 0 Å². The molecule has 0 amide bonds. The molecule has 0 unspecified atom stereocenters. The number of carboxylic acid groups (broad SMARTS) is 1. The zero-order valence-corrected chi connectivity index (χ0v) is 7.98. The van der Waals surface area contributed by atoms with Crippen LogP contribution in [0.15, 0.2) is 18.2 Å². The molecule has 1 N–H and O–H groups in total. The van der Waals surface area contributed by atoms with Gasteiger partial charge >= 0.3 is 5.97 Å². The summed E-state index contributed by atoms with van der Waals surface area (Å²) in [6, 6.07) is 4.37. The number of carbonyl (C=O) groups excluding carboxylic acids is 1. The molecule has 0 fully saturated rings. The summed E-state index contributed by atoms with van der Waals surface area (Å²) in [6.07, 6.45) is 0.470. The van der Waals surface area contributed by atoms with Crippen molar-refractivity contribution in [2.45, 2.75) is 0 Å². The number of carboxylic acids is 1.